The first-order chi connectivity index (χ1) is 15.4. The van der Waals surface area contributed by atoms with E-state index < -0.39 is 5.91 Å². The van der Waals surface area contributed by atoms with Gasteiger partial charge in [0.2, 0.25) is 5.91 Å². The number of nitrogens with zero attached hydrogens (tertiary/aromatic N) is 2. The first-order valence-corrected chi connectivity index (χ1v) is 11.2. The van der Waals surface area contributed by atoms with Gasteiger partial charge in [0.25, 0.3) is 5.91 Å². The number of primary amides is 1. The van der Waals surface area contributed by atoms with Crippen molar-refractivity contribution in [2.75, 3.05) is 24.8 Å². The summed E-state index contributed by atoms with van der Waals surface area (Å²) in [7, 11) is 1.52. The van der Waals surface area contributed by atoms with E-state index in [0.29, 0.717) is 28.0 Å². The Balaban J connectivity index is 1.80. The van der Waals surface area contributed by atoms with Gasteiger partial charge in [-0.1, -0.05) is 29.8 Å². The van der Waals surface area contributed by atoms with Gasteiger partial charge < -0.3 is 20.5 Å². The zero-order valence-electron chi connectivity index (χ0n) is 17.4. The van der Waals surface area contributed by atoms with Crippen LogP contribution in [0.3, 0.4) is 0 Å². The maximum Gasteiger partial charge on any atom is 0.255 e. The second kappa shape index (κ2) is 9.13. The maximum absolute atomic E-state index is 12.5. The highest BCUT2D eigenvalue weighted by atomic mass is 35.5. The van der Waals surface area contributed by atoms with Gasteiger partial charge in [-0.25, -0.2) is 4.68 Å². The number of carbonyl (C=O) groups excluding carboxylic acids is 2. The fourth-order valence-electron chi connectivity index (χ4n) is 3.56. The second-order valence-corrected chi connectivity index (χ2v) is 8.62. The van der Waals surface area contributed by atoms with Gasteiger partial charge in [-0.05, 0) is 36.8 Å². The number of aromatic nitrogens is 2. The molecule has 1 unspecified atom stereocenters. The molecule has 1 aliphatic rings. The fraction of sp³-hybridized carbons (Fsp3) is 0.227. The average Bonchev–Trinajstić information content (AvgIpc) is 2.97. The number of rotatable bonds is 6. The maximum atomic E-state index is 12.5. The van der Waals surface area contributed by atoms with Crippen molar-refractivity contribution in [2.45, 2.75) is 12.2 Å². The zero-order valence-corrected chi connectivity index (χ0v) is 19.0. The third kappa shape index (κ3) is 4.26. The lowest BCUT2D eigenvalue weighted by atomic mass is 10.0. The summed E-state index contributed by atoms with van der Waals surface area (Å²) >= 11 is 7.90. The number of nitrogens with one attached hydrogen (secondary N) is 1. The first-order valence-electron chi connectivity index (χ1n) is 9.74. The van der Waals surface area contributed by atoms with Gasteiger partial charge in [0, 0.05) is 5.56 Å². The van der Waals surface area contributed by atoms with E-state index in [1.54, 1.807) is 16.8 Å². The minimum absolute atomic E-state index is 0.125. The number of amides is 2. The molecule has 3 N–H and O–H groups in total. The van der Waals surface area contributed by atoms with Crippen LogP contribution < -0.4 is 20.5 Å². The smallest absolute Gasteiger partial charge is 0.255 e. The van der Waals surface area contributed by atoms with Crippen molar-refractivity contribution < 1.29 is 19.1 Å². The number of thioether (sulfide) groups is 1. The predicted molar refractivity (Wildman–Crippen MR) is 124 cm³/mol. The van der Waals surface area contributed by atoms with Crippen molar-refractivity contribution in [3.63, 3.8) is 0 Å². The normalized spacial score (nSPS) is 15.5. The Hall–Kier alpha value is -3.17. The monoisotopic (exact) mass is 472 g/mol. The van der Waals surface area contributed by atoms with E-state index in [-0.39, 0.29) is 23.5 Å². The molecule has 8 nitrogen and oxygen atoms in total. The van der Waals surface area contributed by atoms with Crippen molar-refractivity contribution in [3.05, 3.63) is 64.3 Å². The van der Waals surface area contributed by atoms with Crippen LogP contribution in [-0.2, 0) is 9.59 Å². The van der Waals surface area contributed by atoms with E-state index in [1.807, 2.05) is 37.3 Å². The number of benzene rings is 2. The number of anilines is 1. The van der Waals surface area contributed by atoms with Crippen molar-refractivity contribution >= 4 is 41.0 Å². The molecule has 1 atom stereocenters. The van der Waals surface area contributed by atoms with Gasteiger partial charge in [0.1, 0.15) is 5.82 Å². The summed E-state index contributed by atoms with van der Waals surface area (Å²) in [5.74, 6) is 1.03. The number of halogens is 1. The van der Waals surface area contributed by atoms with Gasteiger partial charge >= 0.3 is 0 Å². The first kappa shape index (κ1) is 22.0. The molecule has 2 amide bonds. The van der Waals surface area contributed by atoms with E-state index in [1.165, 1.54) is 18.9 Å². The highest BCUT2D eigenvalue weighted by Gasteiger charge is 2.31. The summed E-state index contributed by atoms with van der Waals surface area (Å²) in [4.78, 5) is 23.6. The molecule has 1 aromatic heterocycles. The molecule has 2 aromatic carbocycles. The molecule has 1 aliphatic heterocycles. The summed E-state index contributed by atoms with van der Waals surface area (Å²) < 4.78 is 12.6. The van der Waals surface area contributed by atoms with Gasteiger partial charge in [0.05, 0.1) is 34.5 Å². The number of para-hydroxylation sites is 1. The number of ether oxygens (including phenoxy) is 2. The summed E-state index contributed by atoms with van der Waals surface area (Å²) in [6.07, 6.45) is 0. The lowest BCUT2D eigenvalue weighted by molar-refractivity contribution is -0.120. The SMILES string of the molecule is COc1cc(C2SCC(=O)Nc3c2c(C)nn3-c2ccccc2Cl)ccc1OCC(N)=O. The van der Waals surface area contributed by atoms with Crippen LogP contribution in [-0.4, -0.2) is 41.1 Å². The highest BCUT2D eigenvalue weighted by Crippen LogP contribution is 2.46. The van der Waals surface area contributed by atoms with Crippen LogP contribution in [0, 0.1) is 6.92 Å². The van der Waals surface area contributed by atoms with Crippen LogP contribution in [0.15, 0.2) is 42.5 Å². The summed E-state index contributed by atoms with van der Waals surface area (Å²) in [5.41, 5.74) is 8.41. The molecular weight excluding hydrogens is 452 g/mol. The number of nitrogens with two attached hydrogens (primary N) is 1. The molecule has 2 heterocycles. The number of methoxy groups -OCH3 is 1. The second-order valence-electron chi connectivity index (χ2n) is 7.12. The molecule has 0 fully saturated rings. The minimum atomic E-state index is -0.577. The number of carbonyl (C=O) groups is 2. The van der Waals surface area contributed by atoms with Gasteiger partial charge in [-0.15, -0.1) is 11.8 Å². The van der Waals surface area contributed by atoms with Crippen molar-refractivity contribution in [1.29, 1.82) is 0 Å². The Morgan fingerprint density at radius 3 is 2.81 bits per heavy atom. The largest absolute Gasteiger partial charge is 0.493 e. The Labute approximate surface area is 194 Å². The molecule has 0 aliphatic carbocycles. The average molecular weight is 473 g/mol. The van der Waals surface area contributed by atoms with Crippen molar-refractivity contribution in [2.24, 2.45) is 5.73 Å². The van der Waals surface area contributed by atoms with E-state index in [2.05, 4.69) is 10.4 Å². The van der Waals surface area contributed by atoms with Crippen molar-refractivity contribution in [3.8, 4) is 17.2 Å². The minimum Gasteiger partial charge on any atom is -0.493 e. The molecule has 10 heteroatoms. The topological polar surface area (TPSA) is 108 Å². The molecule has 166 valence electrons. The van der Waals surface area contributed by atoms with E-state index >= 15 is 0 Å². The molecule has 0 saturated heterocycles. The van der Waals surface area contributed by atoms with E-state index in [9.17, 15) is 9.59 Å². The Kier molecular flexibility index (Phi) is 6.29. The molecule has 0 bridgehead atoms. The van der Waals surface area contributed by atoms with E-state index in [4.69, 9.17) is 26.8 Å². The molecule has 3 aromatic rings. The molecule has 32 heavy (non-hydrogen) atoms. The number of hydrogen-bond donors (Lipinski definition) is 2. The Morgan fingerprint density at radius 2 is 2.09 bits per heavy atom. The lowest BCUT2D eigenvalue weighted by Crippen LogP contribution is -2.20. The quantitative estimate of drug-likeness (QED) is 0.568. The van der Waals surface area contributed by atoms with E-state index in [0.717, 1.165) is 16.8 Å². The highest BCUT2D eigenvalue weighted by molar-refractivity contribution is 8.00. The van der Waals surface area contributed by atoms with Crippen molar-refractivity contribution in [1.82, 2.24) is 9.78 Å². The third-order valence-corrected chi connectivity index (χ3v) is 6.54. The lowest BCUT2D eigenvalue weighted by Gasteiger charge is -2.18. The molecule has 0 spiro atoms. The fourth-order valence-corrected chi connectivity index (χ4v) is 4.95. The predicted octanol–water partition coefficient (Wildman–Crippen LogP) is 3.48. The zero-order chi connectivity index (χ0) is 22.8. The molecular formula is C22H21ClN4O4S. The summed E-state index contributed by atoms with van der Waals surface area (Å²) in [6, 6.07) is 12.8. The van der Waals surface area contributed by atoms with Crippen LogP contribution in [0.2, 0.25) is 5.02 Å². The molecule has 4 rings (SSSR count). The van der Waals surface area contributed by atoms with Gasteiger partial charge in [0.15, 0.2) is 18.1 Å². The van der Waals surface area contributed by atoms with Crippen LogP contribution in [0.5, 0.6) is 11.5 Å². The summed E-state index contributed by atoms with van der Waals surface area (Å²) in [5, 5.41) is 8.00. The van der Waals surface area contributed by atoms with Gasteiger partial charge in [-0.3, -0.25) is 9.59 Å². The van der Waals surface area contributed by atoms with Crippen LogP contribution in [0.25, 0.3) is 5.69 Å². The number of fused-ring (bicyclic) bond motifs is 1. The van der Waals surface area contributed by atoms with Crippen LogP contribution in [0.1, 0.15) is 22.1 Å². The Bertz CT molecular complexity index is 1200. The number of hydrogen-bond acceptors (Lipinski definition) is 6. The molecule has 0 saturated carbocycles. The third-order valence-electron chi connectivity index (χ3n) is 4.95. The number of aryl methyl sites for hydroxylation is 1. The van der Waals surface area contributed by atoms with Crippen LogP contribution in [0.4, 0.5) is 5.82 Å². The summed E-state index contributed by atoms with van der Waals surface area (Å²) in [6.45, 7) is 1.65. The Morgan fingerprint density at radius 1 is 1.31 bits per heavy atom. The molecule has 0 radical (unpaired) electrons. The van der Waals surface area contributed by atoms with Gasteiger partial charge in [-0.2, -0.15) is 5.10 Å². The standard InChI is InChI=1S/C22H21ClN4O4S/c1-12-20-21(13-7-8-16(17(9-13)30-2)31-10-18(24)28)32-11-19(29)25-22(20)27(26-12)15-6-4-3-5-14(15)23/h3-9,21H,10-11H2,1-2H3,(H2,24,28)(H,25,29). The van der Waals surface area contributed by atoms with Crippen LogP contribution >= 0.6 is 23.4 Å².